The number of anilines is 2. The van der Waals surface area contributed by atoms with Gasteiger partial charge in [0.15, 0.2) is 11.5 Å². The number of aliphatic hydroxyl groups is 4. The number of nitrogens with zero attached hydrogens (tertiary/aromatic N) is 5. The molecule has 0 bridgehead atoms. The molecule has 0 spiro atoms. The van der Waals surface area contributed by atoms with Gasteiger partial charge in [0.2, 0.25) is 0 Å². The molecular weight excluding hydrogens is 1500 g/mol. The number of halogens is 3. The molecule has 5 aromatic rings. The van der Waals surface area contributed by atoms with Crippen LogP contribution in [0.3, 0.4) is 0 Å². The maximum Gasteiger partial charge on any atom is 2.00 e. The predicted molar refractivity (Wildman–Crippen MR) is 438 cm³/mol. The second-order valence-corrected chi connectivity index (χ2v) is 41.0. The van der Waals surface area contributed by atoms with Gasteiger partial charge in [0.05, 0.1) is 83.0 Å². The van der Waals surface area contributed by atoms with Crippen LogP contribution in [0.5, 0.6) is 0 Å². The third-order valence-corrected chi connectivity index (χ3v) is 21.0. The van der Waals surface area contributed by atoms with Crippen LogP contribution < -0.4 is 20.2 Å². The molecule has 0 heterocycles. The number of hydrogen-bond donors (Lipinski definition) is 7. The van der Waals surface area contributed by atoms with Gasteiger partial charge in [-0.15, -0.1) is 23.0 Å². The fourth-order valence-corrected chi connectivity index (χ4v) is 10.6. The molecule has 2 unspecified atom stereocenters. The Bertz CT molecular complexity index is 3510. The van der Waals surface area contributed by atoms with Crippen LogP contribution in [-0.2, 0) is 60.2 Å². The molecule has 3 aliphatic carbocycles. The van der Waals surface area contributed by atoms with Gasteiger partial charge < -0.3 is 32.2 Å². The van der Waals surface area contributed by atoms with E-state index in [1.165, 1.54) is 50.7 Å². The fourth-order valence-electron chi connectivity index (χ4n) is 8.08. The number of carbonyl (C=O) groups is 1. The maximum atomic E-state index is 13.9. The quantitative estimate of drug-likeness (QED) is 0.0142. The Morgan fingerprint density at radius 3 is 1.53 bits per heavy atom. The zero-order valence-corrected chi connectivity index (χ0v) is 74.0. The van der Waals surface area contributed by atoms with Crippen LogP contribution in [0.25, 0.3) is 4.85 Å². The number of nitrogens with two attached hydrogens (primary N) is 2. The first-order chi connectivity index (χ1) is 46.6. The van der Waals surface area contributed by atoms with Crippen molar-refractivity contribution in [2.75, 3.05) is 17.3 Å². The Morgan fingerprint density at radius 2 is 1.12 bits per heavy atom. The molecule has 9 N–H and O–H groups in total. The van der Waals surface area contributed by atoms with E-state index in [-0.39, 0.29) is 114 Å². The molecule has 0 amide bonds. The van der Waals surface area contributed by atoms with Crippen molar-refractivity contribution in [2.45, 2.75) is 259 Å². The van der Waals surface area contributed by atoms with Gasteiger partial charge in [0.1, 0.15) is 25.0 Å². The molecule has 5 aromatic carbocycles. The summed E-state index contributed by atoms with van der Waals surface area (Å²) in [5, 5.41) is 55.7. The molecule has 4 atom stereocenters. The van der Waals surface area contributed by atoms with Gasteiger partial charge in [-0.1, -0.05) is 107 Å². The summed E-state index contributed by atoms with van der Waals surface area (Å²) in [6.45, 7) is 44.2. The molecule has 3 saturated carbocycles. The largest absolute Gasteiger partial charge is 2.00 e. The van der Waals surface area contributed by atoms with Crippen molar-refractivity contribution in [3.05, 3.63) is 172 Å². The van der Waals surface area contributed by atoms with Gasteiger partial charge in [0.25, 0.3) is 0 Å². The first-order valence-electron chi connectivity index (χ1n) is 34.7. The molecule has 0 aliphatic heterocycles. The molecule has 8 rings (SSSR count). The van der Waals surface area contributed by atoms with E-state index in [4.69, 9.17) is 43.1 Å². The van der Waals surface area contributed by atoms with Crippen molar-refractivity contribution in [1.82, 2.24) is 4.72 Å². The van der Waals surface area contributed by atoms with E-state index >= 15 is 0 Å². The van der Waals surface area contributed by atoms with Crippen LogP contribution in [0, 0.1) is 64.7 Å². The number of nitrogen functional groups attached to an aromatic ring is 1. The number of nitriles is 2. The number of ketones is 1. The van der Waals surface area contributed by atoms with Gasteiger partial charge in [-0.2, -0.15) is 33.1 Å². The van der Waals surface area contributed by atoms with Crippen molar-refractivity contribution < 1.29 is 69.8 Å². The average molecular weight is 1630 g/mol. The van der Waals surface area contributed by atoms with Gasteiger partial charge in [-0.3, -0.25) is 9.93 Å². The first kappa shape index (κ1) is 106. The van der Waals surface area contributed by atoms with Gasteiger partial charge in [-0.25, -0.2) is 31.0 Å². The van der Waals surface area contributed by atoms with Crippen LogP contribution in [-0.4, -0.2) is 122 Å². The summed E-state index contributed by atoms with van der Waals surface area (Å²) in [6, 6.07) is 38.4. The second kappa shape index (κ2) is 52.8. The van der Waals surface area contributed by atoms with Crippen molar-refractivity contribution in [1.29, 1.82) is 10.5 Å². The third-order valence-electron chi connectivity index (χ3n) is 14.5. The molecular formula is C79H123BrF2MgN8O8S3SiTi. The Kier molecular flexibility index (Phi) is 53.8. The SMILES string of the molecule is Br.CC(C)(C)S(=O)N=C(CCC1CC1)c1cccc(C#N)c1.CC(C)(C)[S@@](N)=O.CC(C)(C)[S@](=O)NC(CCC1CC1)(c1cccc(C#N)c1)c1ccc(F)c(N)c1.CC(C)O.CC(C)O.CC(C)O.CC(C)O.CN(c1c[c-]ccc1F)[Si](C)(C)C.[C-]#[N+]c1cccc(C(=O)CCC2CC2)c1.[H-].[Mg+2].[Ti]. The van der Waals surface area contributed by atoms with E-state index in [1.807, 2.05) is 110 Å². The Labute approximate surface area is 676 Å². The summed E-state index contributed by atoms with van der Waals surface area (Å²) in [5.41, 5.74) is 11.5. The Balaban J connectivity index is -0.000000390. The summed E-state index contributed by atoms with van der Waals surface area (Å²) in [5.74, 6) is 1.77. The molecule has 104 heavy (non-hydrogen) atoms. The molecule has 0 saturated heterocycles. The Morgan fingerprint density at radius 1 is 0.683 bits per heavy atom. The number of benzene rings is 5. The van der Waals surface area contributed by atoms with Crippen molar-refractivity contribution in [2.24, 2.45) is 27.3 Å². The van der Waals surface area contributed by atoms with Crippen molar-refractivity contribution in [3.8, 4) is 12.1 Å². The van der Waals surface area contributed by atoms with E-state index in [0.717, 1.165) is 59.9 Å². The smallest absolute Gasteiger partial charge is 1.00 e. The average Bonchev–Trinajstić information content (AvgIpc) is 1.38. The normalized spacial score (nSPS) is 14.4. The minimum atomic E-state index is -1.46. The second-order valence-electron chi connectivity index (χ2n) is 30.3. The standard InChI is InChI=1S/C23H28FN3OS.C17H22N2OS.C13H13NO.C10H15FNSi.C4H11NOS.4C3H8O.BrH.Mg.Ti.H/c1-22(2,3)29(28)27-23(12-11-16-7-8-16,18-6-4-5-17(13-18)15-25)19-9-10-20(24)21(26)14-19;1-17(2,3)21(20)19-16(10-9-13-7-8-13)15-6-4-5-14(11-15)12-18;1-14-12-4-2-3-11(9-12)13(15)8-7-10-5-6-10;1-12(13(2,3)4)10-8-6-5-7-9(10)11;1-4(2,3)7(5)6;4*1-3(2)4;;;;/h4-6,9-10,13-14,16,27H,7-8,11-12,26H2,1-3H3;4-6,11,13H,7-10H2,1-3H3;2-4,9-10H,5-8H2;5,7-8H,1-4H3;5H2,1-3H3;4*3-4H,1-2H3;1H;;;/q;;;-1;;;;;;;+2;;-1/t23?,29-;;;;7-;;;;;;;;/m0...0......../s1. The third kappa shape index (κ3) is 48.2. The van der Waals surface area contributed by atoms with Crippen molar-refractivity contribution in [3.63, 3.8) is 0 Å². The summed E-state index contributed by atoms with van der Waals surface area (Å²) < 4.78 is 71.9. The topological polar surface area (TPSA) is 281 Å². The zero-order chi connectivity index (χ0) is 77.8. The monoisotopic (exact) mass is 1620 g/mol. The van der Waals surface area contributed by atoms with Crippen LogP contribution >= 0.6 is 17.0 Å². The number of aliphatic hydroxyl groups excluding tert-OH is 4. The molecule has 0 radical (unpaired) electrons. The van der Waals surface area contributed by atoms with E-state index in [2.05, 4.69) is 51.8 Å². The number of nitrogens with one attached hydrogen (secondary N) is 1. The minimum Gasteiger partial charge on any atom is -1.00 e. The summed E-state index contributed by atoms with van der Waals surface area (Å²) >= 11 is 0. The van der Waals surface area contributed by atoms with E-state index < -0.39 is 57.3 Å². The molecule has 3 fully saturated rings. The maximum absolute atomic E-state index is 13.9. The molecule has 576 valence electrons. The molecule has 16 nitrogen and oxygen atoms in total. The van der Waals surface area contributed by atoms with E-state index in [1.54, 1.807) is 116 Å². The zero-order valence-electron chi connectivity index (χ0n) is 66.8. The minimum absolute atomic E-state index is 0. The number of carbonyl (C=O) groups excluding carboxylic acids is 1. The van der Waals surface area contributed by atoms with E-state index in [0.29, 0.717) is 46.8 Å². The van der Waals surface area contributed by atoms with E-state index in [9.17, 15) is 31.5 Å². The summed E-state index contributed by atoms with van der Waals surface area (Å²) in [6.07, 6.45) is 12.1. The number of Topliss-reactive ketones (excluding diaryl/α,β-unsaturated/α-hetero) is 1. The fraction of sp³-hybridized carbons (Fsp3) is 0.557. The molecule has 25 heteroatoms. The summed E-state index contributed by atoms with van der Waals surface area (Å²) in [7, 11) is -3.36. The predicted octanol–water partition coefficient (Wildman–Crippen LogP) is 17.5. The van der Waals surface area contributed by atoms with Gasteiger partial charge in [0, 0.05) is 63.9 Å². The molecule has 3 aliphatic rings. The van der Waals surface area contributed by atoms with Gasteiger partial charge in [-0.05, 0) is 239 Å². The summed E-state index contributed by atoms with van der Waals surface area (Å²) in [4.78, 5) is 15.1. The van der Waals surface area contributed by atoms with Gasteiger partial charge >= 0.3 is 23.1 Å². The first-order valence-corrected chi connectivity index (χ1v) is 41.6. The molecule has 0 aromatic heterocycles. The number of hydrogen-bond acceptors (Lipinski definition) is 12. The van der Waals surface area contributed by atoms with Crippen LogP contribution in [0.15, 0.2) is 114 Å². The van der Waals surface area contributed by atoms with Crippen LogP contribution in [0.2, 0.25) is 19.6 Å². The van der Waals surface area contributed by atoms with Crippen LogP contribution in [0.4, 0.5) is 25.8 Å². The van der Waals surface area contributed by atoms with Crippen LogP contribution in [0.1, 0.15) is 234 Å². The Hall–Kier alpha value is -4.24. The number of rotatable bonds is 18. The van der Waals surface area contributed by atoms with Crippen molar-refractivity contribution >= 4 is 110 Å².